The minimum atomic E-state index is -0.386. The number of nitriles is 1. The van der Waals surface area contributed by atoms with Gasteiger partial charge < -0.3 is 10.7 Å². The van der Waals surface area contributed by atoms with Crippen molar-refractivity contribution in [2.24, 2.45) is 0 Å². The maximum absolute atomic E-state index is 13.1. The third-order valence-electron chi connectivity index (χ3n) is 1.98. The maximum Gasteiger partial charge on any atom is 0.139 e. The quantitative estimate of drug-likeness (QED) is 0.758. The monoisotopic (exact) mass is 253 g/mol. The summed E-state index contributed by atoms with van der Waals surface area (Å²) < 4.78 is 13.4. The highest BCUT2D eigenvalue weighted by atomic mass is 79.9. The molecule has 0 amide bonds. The molecule has 3 nitrogen and oxygen atoms in total. The van der Waals surface area contributed by atoms with Crippen molar-refractivity contribution in [3.8, 4) is 6.07 Å². The van der Waals surface area contributed by atoms with Crippen LogP contribution in [0.5, 0.6) is 0 Å². The van der Waals surface area contributed by atoms with Crippen LogP contribution in [0.15, 0.2) is 16.6 Å². The number of nitrogens with one attached hydrogen (secondary N) is 1. The van der Waals surface area contributed by atoms with Gasteiger partial charge in [0.25, 0.3) is 0 Å². The summed E-state index contributed by atoms with van der Waals surface area (Å²) in [4.78, 5) is 2.74. The Morgan fingerprint density at radius 1 is 1.50 bits per heavy atom. The molecule has 2 aromatic rings. The lowest BCUT2D eigenvalue weighted by molar-refractivity contribution is 0.623. The van der Waals surface area contributed by atoms with Crippen LogP contribution in [-0.2, 0) is 0 Å². The zero-order valence-electron chi connectivity index (χ0n) is 6.94. The van der Waals surface area contributed by atoms with Gasteiger partial charge in [0, 0.05) is 5.39 Å². The van der Waals surface area contributed by atoms with Crippen LogP contribution >= 0.6 is 15.9 Å². The van der Waals surface area contributed by atoms with Crippen molar-refractivity contribution >= 4 is 32.7 Å². The first-order chi connectivity index (χ1) is 6.63. The molecule has 0 bridgehead atoms. The number of anilines is 1. The van der Waals surface area contributed by atoms with Crippen LogP contribution in [0.4, 0.5) is 10.2 Å². The molecule has 1 aromatic heterocycles. The number of rotatable bonds is 0. The number of H-pyrrole nitrogens is 1. The van der Waals surface area contributed by atoms with Crippen molar-refractivity contribution in [2.45, 2.75) is 0 Å². The number of halogens is 2. The predicted molar refractivity (Wildman–Crippen MR) is 55.1 cm³/mol. The van der Waals surface area contributed by atoms with Gasteiger partial charge in [-0.1, -0.05) is 0 Å². The van der Waals surface area contributed by atoms with Gasteiger partial charge in [0.15, 0.2) is 0 Å². The van der Waals surface area contributed by atoms with Gasteiger partial charge in [-0.3, -0.25) is 0 Å². The van der Waals surface area contributed by atoms with Gasteiger partial charge in [0.1, 0.15) is 23.3 Å². The van der Waals surface area contributed by atoms with E-state index in [9.17, 15) is 4.39 Å². The number of hydrogen-bond acceptors (Lipinski definition) is 2. The molecular weight excluding hydrogens is 249 g/mol. The first kappa shape index (κ1) is 9.03. The fourth-order valence-electron chi connectivity index (χ4n) is 1.33. The molecule has 0 spiro atoms. The largest absolute Gasteiger partial charge is 0.384 e. The average Bonchev–Trinajstić information content (AvgIpc) is 2.42. The van der Waals surface area contributed by atoms with E-state index in [1.807, 2.05) is 6.07 Å². The second kappa shape index (κ2) is 3.00. The third kappa shape index (κ3) is 1.16. The van der Waals surface area contributed by atoms with Gasteiger partial charge in [-0.05, 0) is 28.1 Å². The lowest BCUT2D eigenvalue weighted by Gasteiger charge is -1.94. The molecule has 1 aromatic carbocycles. The summed E-state index contributed by atoms with van der Waals surface area (Å²) in [6.45, 7) is 0. The highest BCUT2D eigenvalue weighted by Crippen LogP contribution is 2.28. The standard InChI is InChI=1S/C9H5BrFN3/c10-6-1-4-5(3-12)9(13)14-8(4)2-7(6)11/h1-2,14H,13H2. The number of aromatic nitrogens is 1. The minimum absolute atomic E-state index is 0.264. The van der Waals surface area contributed by atoms with Crippen LogP contribution in [0.25, 0.3) is 10.9 Å². The highest BCUT2D eigenvalue weighted by molar-refractivity contribution is 9.10. The summed E-state index contributed by atoms with van der Waals surface area (Å²) in [6, 6.07) is 4.81. The van der Waals surface area contributed by atoms with Crippen molar-refractivity contribution in [2.75, 3.05) is 5.73 Å². The molecule has 1 heterocycles. The summed E-state index contributed by atoms with van der Waals surface area (Å²) in [7, 11) is 0. The average molecular weight is 254 g/mol. The van der Waals surface area contributed by atoms with E-state index in [-0.39, 0.29) is 11.6 Å². The topological polar surface area (TPSA) is 65.6 Å². The Morgan fingerprint density at radius 2 is 2.21 bits per heavy atom. The number of nitrogen functional groups attached to an aromatic ring is 1. The highest BCUT2D eigenvalue weighted by Gasteiger charge is 2.11. The Labute approximate surface area is 87.5 Å². The molecule has 2 rings (SSSR count). The molecule has 70 valence electrons. The smallest absolute Gasteiger partial charge is 0.139 e. The van der Waals surface area contributed by atoms with Gasteiger partial charge in [0.2, 0.25) is 0 Å². The van der Waals surface area contributed by atoms with E-state index in [0.717, 1.165) is 0 Å². The number of nitrogens with zero attached hydrogens (tertiary/aromatic N) is 1. The fraction of sp³-hybridized carbons (Fsp3) is 0. The molecule has 0 atom stereocenters. The third-order valence-corrected chi connectivity index (χ3v) is 2.59. The van der Waals surface area contributed by atoms with Gasteiger partial charge in [-0.25, -0.2) is 4.39 Å². The van der Waals surface area contributed by atoms with E-state index in [4.69, 9.17) is 11.0 Å². The molecule has 0 aliphatic heterocycles. The van der Waals surface area contributed by atoms with Crippen molar-refractivity contribution in [1.29, 1.82) is 5.26 Å². The predicted octanol–water partition coefficient (Wildman–Crippen LogP) is 2.52. The van der Waals surface area contributed by atoms with Crippen LogP contribution in [-0.4, -0.2) is 4.98 Å². The second-order valence-corrected chi connectivity index (χ2v) is 3.69. The fourth-order valence-corrected chi connectivity index (χ4v) is 1.67. The van der Waals surface area contributed by atoms with E-state index in [2.05, 4.69) is 20.9 Å². The van der Waals surface area contributed by atoms with Crippen LogP contribution in [0.1, 0.15) is 5.56 Å². The number of nitrogens with two attached hydrogens (primary N) is 1. The molecule has 0 fully saturated rings. The van der Waals surface area contributed by atoms with Crippen molar-refractivity contribution < 1.29 is 4.39 Å². The van der Waals surface area contributed by atoms with E-state index in [0.29, 0.717) is 20.9 Å². The van der Waals surface area contributed by atoms with Crippen LogP contribution < -0.4 is 5.73 Å². The summed E-state index contributed by atoms with van der Waals surface area (Å²) in [6.07, 6.45) is 0. The zero-order chi connectivity index (χ0) is 10.3. The van der Waals surface area contributed by atoms with Crippen molar-refractivity contribution in [3.63, 3.8) is 0 Å². The van der Waals surface area contributed by atoms with Crippen molar-refractivity contribution in [1.82, 2.24) is 4.98 Å². The first-order valence-corrected chi connectivity index (χ1v) is 4.59. The Kier molecular flexibility index (Phi) is 1.93. The molecule has 0 unspecified atom stereocenters. The Bertz CT molecular complexity index is 553. The van der Waals surface area contributed by atoms with Crippen LogP contribution in [0, 0.1) is 17.1 Å². The molecule has 0 aliphatic rings. The Morgan fingerprint density at radius 3 is 2.86 bits per heavy atom. The molecule has 0 saturated carbocycles. The molecular formula is C9H5BrFN3. The molecule has 0 aliphatic carbocycles. The Balaban J connectivity index is 2.91. The summed E-state index contributed by atoms with van der Waals surface area (Å²) in [5.74, 6) is -0.122. The number of hydrogen-bond donors (Lipinski definition) is 2. The molecule has 0 saturated heterocycles. The van der Waals surface area contributed by atoms with Crippen molar-refractivity contribution in [3.05, 3.63) is 28.0 Å². The van der Waals surface area contributed by atoms with E-state index < -0.39 is 0 Å². The normalized spacial score (nSPS) is 10.4. The molecule has 3 N–H and O–H groups in total. The lowest BCUT2D eigenvalue weighted by atomic mass is 10.2. The summed E-state index contributed by atoms with van der Waals surface area (Å²) in [5.41, 5.74) is 6.42. The van der Waals surface area contributed by atoms with E-state index in [1.165, 1.54) is 12.1 Å². The zero-order valence-corrected chi connectivity index (χ0v) is 8.52. The number of aromatic amines is 1. The SMILES string of the molecule is N#Cc1c(N)[nH]c2cc(F)c(Br)cc12. The summed E-state index contributed by atoms with van der Waals surface area (Å²) >= 11 is 3.05. The van der Waals surface area contributed by atoms with Gasteiger partial charge in [0.05, 0.1) is 9.99 Å². The van der Waals surface area contributed by atoms with Crippen LogP contribution in [0.2, 0.25) is 0 Å². The second-order valence-electron chi connectivity index (χ2n) is 2.84. The van der Waals surface area contributed by atoms with Crippen LogP contribution in [0.3, 0.4) is 0 Å². The van der Waals surface area contributed by atoms with Gasteiger partial charge >= 0.3 is 0 Å². The van der Waals surface area contributed by atoms with E-state index >= 15 is 0 Å². The number of benzene rings is 1. The first-order valence-electron chi connectivity index (χ1n) is 3.79. The molecule has 14 heavy (non-hydrogen) atoms. The van der Waals surface area contributed by atoms with Gasteiger partial charge in [-0.15, -0.1) is 0 Å². The molecule has 0 radical (unpaired) electrons. The minimum Gasteiger partial charge on any atom is -0.384 e. The number of fused-ring (bicyclic) bond motifs is 1. The lowest BCUT2D eigenvalue weighted by Crippen LogP contribution is -1.86. The van der Waals surface area contributed by atoms with Gasteiger partial charge in [-0.2, -0.15) is 5.26 Å². The van der Waals surface area contributed by atoms with E-state index in [1.54, 1.807) is 0 Å². The Hall–Kier alpha value is -1.54. The summed E-state index contributed by atoms with van der Waals surface area (Å²) in [5, 5.41) is 9.43. The maximum atomic E-state index is 13.1. The molecule has 5 heteroatoms.